The number of aromatic nitrogens is 3. The Labute approximate surface area is 182 Å². The summed E-state index contributed by atoms with van der Waals surface area (Å²) in [4.78, 5) is 8.31. The highest BCUT2D eigenvalue weighted by atomic mass is 32.2. The van der Waals surface area contributed by atoms with Gasteiger partial charge in [0, 0.05) is 29.4 Å². The lowest BCUT2D eigenvalue weighted by Crippen LogP contribution is -2.39. The van der Waals surface area contributed by atoms with Crippen molar-refractivity contribution in [3.8, 4) is 0 Å². The van der Waals surface area contributed by atoms with Crippen molar-refractivity contribution >= 4 is 38.6 Å². The molecule has 32 heavy (non-hydrogen) atoms. The number of hydrogen-bond acceptors (Lipinski definition) is 9. The number of rotatable bonds is 6. The van der Waals surface area contributed by atoms with E-state index in [1.807, 2.05) is 0 Å². The third-order valence-corrected chi connectivity index (χ3v) is 6.15. The van der Waals surface area contributed by atoms with Crippen LogP contribution in [0.25, 0.3) is 17.2 Å². The maximum atomic E-state index is 13.8. The molecule has 3 aromatic rings. The van der Waals surface area contributed by atoms with Crippen LogP contribution in [0.4, 0.5) is 15.8 Å². The Bertz CT molecular complexity index is 1260. The molecule has 1 saturated heterocycles. The van der Waals surface area contributed by atoms with Gasteiger partial charge in [0.15, 0.2) is 11.9 Å². The molecule has 4 rings (SSSR count). The Morgan fingerprint density at radius 2 is 1.97 bits per heavy atom. The molecule has 0 bridgehead atoms. The number of fused-ring (bicyclic) bond motifs is 1. The summed E-state index contributed by atoms with van der Waals surface area (Å²) in [5.74, 6) is -0.668. The highest BCUT2D eigenvalue weighted by Gasteiger charge is 2.44. The zero-order valence-electron chi connectivity index (χ0n) is 16.5. The van der Waals surface area contributed by atoms with Crippen LogP contribution >= 0.6 is 0 Å². The lowest BCUT2D eigenvalue weighted by molar-refractivity contribution is -0.0329. The van der Waals surface area contributed by atoms with Gasteiger partial charge in [-0.25, -0.2) is 27.5 Å². The fraction of sp³-hybridized carbons (Fsp3) is 0.263. The van der Waals surface area contributed by atoms with Gasteiger partial charge in [-0.2, -0.15) is 0 Å². The van der Waals surface area contributed by atoms with Crippen molar-refractivity contribution in [3.05, 3.63) is 53.6 Å². The standard InChI is InChI=1S/C19H21FN6O5S/c20-11-2-1-3-12(21)10(11)5-7-32(29,30)25-8-14-16(27)17(28)19(31-14)26-9-24-15-13(22)4-6-23-18(15)26/h1-7,9,14,16-17,19,25,27-28H,8,21H2,(H2,22,23)/b7-5+/t14-,16-,17-,19-/m1/s1. The number of ether oxygens (including phenoxy) is 1. The Morgan fingerprint density at radius 1 is 1.19 bits per heavy atom. The molecule has 0 spiro atoms. The number of aliphatic hydroxyl groups excluding tert-OH is 2. The maximum absolute atomic E-state index is 13.8. The van der Waals surface area contributed by atoms with Crippen LogP contribution in [0.3, 0.4) is 0 Å². The predicted molar refractivity (Wildman–Crippen MR) is 115 cm³/mol. The molecule has 1 aromatic carbocycles. The second kappa shape index (κ2) is 8.44. The highest BCUT2D eigenvalue weighted by molar-refractivity contribution is 7.92. The normalized spacial score (nSPS) is 24.0. The molecule has 13 heteroatoms. The van der Waals surface area contributed by atoms with E-state index in [1.54, 1.807) is 6.07 Å². The third-order valence-electron chi connectivity index (χ3n) is 5.09. The van der Waals surface area contributed by atoms with E-state index in [-0.39, 0.29) is 17.8 Å². The van der Waals surface area contributed by atoms with Gasteiger partial charge < -0.3 is 26.4 Å². The van der Waals surface area contributed by atoms with Crippen LogP contribution in [-0.4, -0.2) is 58.0 Å². The average molecular weight is 464 g/mol. The van der Waals surface area contributed by atoms with Crippen molar-refractivity contribution in [2.75, 3.05) is 18.0 Å². The molecule has 0 aliphatic carbocycles. The molecule has 1 fully saturated rings. The minimum absolute atomic E-state index is 0.0655. The van der Waals surface area contributed by atoms with Gasteiger partial charge >= 0.3 is 0 Å². The summed E-state index contributed by atoms with van der Waals surface area (Å²) in [5, 5.41) is 21.6. The topological polar surface area (TPSA) is 179 Å². The number of nitrogens with two attached hydrogens (primary N) is 2. The van der Waals surface area contributed by atoms with E-state index in [0.29, 0.717) is 16.9 Å². The minimum atomic E-state index is -4.03. The lowest BCUT2D eigenvalue weighted by atomic mass is 10.1. The van der Waals surface area contributed by atoms with E-state index in [4.69, 9.17) is 16.2 Å². The summed E-state index contributed by atoms with van der Waals surface area (Å²) in [6.07, 6.45) is -1.05. The number of sulfonamides is 1. The molecule has 7 N–H and O–H groups in total. The first kappa shape index (κ1) is 22.1. The molecule has 0 unspecified atom stereocenters. The van der Waals surface area contributed by atoms with Gasteiger partial charge in [-0.05, 0) is 24.3 Å². The summed E-state index contributed by atoms with van der Waals surface area (Å²) in [5.41, 5.74) is 12.7. The van der Waals surface area contributed by atoms with Gasteiger partial charge in [0.1, 0.15) is 29.6 Å². The molecule has 0 amide bonds. The zero-order chi connectivity index (χ0) is 23.0. The Morgan fingerprint density at radius 3 is 2.72 bits per heavy atom. The number of nitrogens with zero attached hydrogens (tertiary/aromatic N) is 3. The summed E-state index contributed by atoms with van der Waals surface area (Å²) < 4.78 is 47.7. The summed E-state index contributed by atoms with van der Waals surface area (Å²) >= 11 is 0. The molecule has 0 saturated carbocycles. The Balaban J connectivity index is 1.47. The smallest absolute Gasteiger partial charge is 0.233 e. The van der Waals surface area contributed by atoms with Crippen LogP contribution in [0.15, 0.2) is 42.2 Å². The van der Waals surface area contributed by atoms with E-state index < -0.39 is 40.4 Å². The number of nitrogens with one attached hydrogen (secondary N) is 1. The van der Waals surface area contributed by atoms with Gasteiger partial charge in [-0.1, -0.05) is 6.07 Å². The number of nitrogen functional groups attached to an aromatic ring is 2. The second-order valence-electron chi connectivity index (χ2n) is 7.21. The number of aliphatic hydroxyl groups is 2. The van der Waals surface area contributed by atoms with Gasteiger partial charge in [0.25, 0.3) is 0 Å². The van der Waals surface area contributed by atoms with Crippen molar-refractivity contribution in [2.24, 2.45) is 0 Å². The predicted octanol–water partition coefficient (Wildman–Crippen LogP) is -0.0557. The Hall–Kier alpha value is -3.10. The molecule has 1 aliphatic rings. The first-order chi connectivity index (χ1) is 15.2. The van der Waals surface area contributed by atoms with Gasteiger partial charge in [-0.3, -0.25) is 4.57 Å². The summed E-state index contributed by atoms with van der Waals surface area (Å²) in [6, 6.07) is 5.57. The zero-order valence-corrected chi connectivity index (χ0v) is 17.4. The fourth-order valence-electron chi connectivity index (χ4n) is 3.40. The molecular weight excluding hydrogens is 443 g/mol. The van der Waals surface area contributed by atoms with Crippen molar-refractivity contribution in [3.63, 3.8) is 0 Å². The van der Waals surface area contributed by atoms with Crippen LogP contribution in [0.1, 0.15) is 11.8 Å². The van der Waals surface area contributed by atoms with Crippen molar-refractivity contribution in [1.82, 2.24) is 19.3 Å². The number of hydrogen-bond donors (Lipinski definition) is 5. The van der Waals surface area contributed by atoms with Crippen molar-refractivity contribution in [2.45, 2.75) is 24.5 Å². The van der Waals surface area contributed by atoms with Gasteiger partial charge in [-0.15, -0.1) is 0 Å². The summed E-state index contributed by atoms with van der Waals surface area (Å²) in [6.45, 7) is -0.351. The maximum Gasteiger partial charge on any atom is 0.233 e. The molecule has 1 aliphatic heterocycles. The third kappa shape index (κ3) is 4.16. The molecule has 2 aromatic heterocycles. The quantitative estimate of drug-likeness (QED) is 0.313. The van der Waals surface area contributed by atoms with Crippen LogP contribution < -0.4 is 16.2 Å². The van der Waals surface area contributed by atoms with E-state index in [9.17, 15) is 23.0 Å². The SMILES string of the molecule is Nc1cccc(F)c1/C=C/S(=O)(=O)NC[C@H]1O[C@@H](n2cnc3c(N)ccnc32)[C@H](O)[C@@H]1O. The number of imidazole rings is 1. The molecule has 3 heterocycles. The molecule has 0 radical (unpaired) electrons. The van der Waals surface area contributed by atoms with E-state index in [2.05, 4.69) is 14.7 Å². The van der Waals surface area contributed by atoms with E-state index >= 15 is 0 Å². The van der Waals surface area contributed by atoms with Crippen LogP contribution in [0.2, 0.25) is 0 Å². The number of halogens is 1. The average Bonchev–Trinajstić information content (AvgIpc) is 3.29. The van der Waals surface area contributed by atoms with Crippen LogP contribution in [0, 0.1) is 5.82 Å². The van der Waals surface area contributed by atoms with E-state index in [0.717, 1.165) is 17.6 Å². The number of anilines is 2. The Kier molecular flexibility index (Phi) is 5.83. The molecule has 4 atom stereocenters. The van der Waals surface area contributed by atoms with Crippen LogP contribution in [0.5, 0.6) is 0 Å². The van der Waals surface area contributed by atoms with Crippen molar-refractivity contribution in [1.29, 1.82) is 0 Å². The molecule has 170 valence electrons. The molecule has 11 nitrogen and oxygen atoms in total. The number of pyridine rings is 1. The van der Waals surface area contributed by atoms with Gasteiger partial charge in [0.05, 0.1) is 12.0 Å². The minimum Gasteiger partial charge on any atom is -0.398 e. The molecular formula is C19H21FN6O5S. The summed E-state index contributed by atoms with van der Waals surface area (Å²) in [7, 11) is -4.03. The number of benzene rings is 1. The van der Waals surface area contributed by atoms with Crippen molar-refractivity contribution < 1.29 is 27.8 Å². The van der Waals surface area contributed by atoms with E-state index in [1.165, 1.54) is 29.2 Å². The first-order valence-corrected chi connectivity index (χ1v) is 11.0. The largest absolute Gasteiger partial charge is 0.398 e. The second-order valence-corrected chi connectivity index (χ2v) is 8.86. The monoisotopic (exact) mass is 464 g/mol. The first-order valence-electron chi connectivity index (χ1n) is 9.48. The lowest BCUT2D eigenvalue weighted by Gasteiger charge is -2.16. The van der Waals surface area contributed by atoms with Gasteiger partial charge in [0.2, 0.25) is 10.0 Å². The highest BCUT2D eigenvalue weighted by Crippen LogP contribution is 2.32. The fourth-order valence-corrected chi connectivity index (χ4v) is 4.21. The van der Waals surface area contributed by atoms with Crippen LogP contribution in [-0.2, 0) is 14.8 Å².